The first-order chi connectivity index (χ1) is 9.77. The summed E-state index contributed by atoms with van der Waals surface area (Å²) in [5.74, 6) is 0. The van der Waals surface area contributed by atoms with Crippen LogP contribution in [0.1, 0.15) is 16.7 Å². The number of anilines is 1. The topological polar surface area (TPSA) is 12.0 Å². The lowest BCUT2D eigenvalue weighted by Gasteiger charge is -2.13. The monoisotopic (exact) mass is 377 g/mol. The third kappa shape index (κ3) is 4.14. The molecule has 0 aliphatic rings. The van der Waals surface area contributed by atoms with E-state index in [1.807, 2.05) is 25.1 Å². The van der Waals surface area contributed by atoms with Crippen molar-refractivity contribution >= 4 is 33.2 Å². The predicted molar refractivity (Wildman–Crippen MR) is 82.7 cm³/mol. The highest BCUT2D eigenvalue weighted by atomic mass is 79.9. The highest BCUT2D eigenvalue weighted by molar-refractivity contribution is 9.10. The van der Waals surface area contributed by atoms with Crippen LogP contribution >= 0.6 is 27.5 Å². The van der Waals surface area contributed by atoms with E-state index in [2.05, 4.69) is 21.2 Å². The number of hydrogen-bond acceptors (Lipinski definition) is 1. The van der Waals surface area contributed by atoms with Crippen molar-refractivity contribution in [3.8, 4) is 0 Å². The van der Waals surface area contributed by atoms with Crippen LogP contribution in [0.2, 0.25) is 5.02 Å². The van der Waals surface area contributed by atoms with Gasteiger partial charge in [-0.1, -0.05) is 39.7 Å². The first kappa shape index (κ1) is 16.2. The molecule has 0 radical (unpaired) electrons. The number of halogens is 5. The van der Waals surface area contributed by atoms with Gasteiger partial charge in [-0.2, -0.15) is 13.2 Å². The second-order valence-electron chi connectivity index (χ2n) is 4.64. The maximum Gasteiger partial charge on any atom is 0.416 e. The third-order valence-corrected chi connectivity index (χ3v) is 4.04. The SMILES string of the molecule is Cc1ccc(CNc2cc(C(F)(F)F)ccc2Cl)c(Br)c1. The van der Waals surface area contributed by atoms with Crippen LogP contribution in [-0.2, 0) is 12.7 Å². The van der Waals surface area contributed by atoms with Crippen LogP contribution in [0.25, 0.3) is 0 Å². The van der Waals surface area contributed by atoms with Gasteiger partial charge >= 0.3 is 6.18 Å². The molecule has 0 bridgehead atoms. The Morgan fingerprint density at radius 2 is 1.86 bits per heavy atom. The van der Waals surface area contributed by atoms with E-state index in [4.69, 9.17) is 11.6 Å². The second kappa shape index (κ2) is 6.28. The van der Waals surface area contributed by atoms with E-state index in [1.165, 1.54) is 6.07 Å². The van der Waals surface area contributed by atoms with Gasteiger partial charge in [0, 0.05) is 11.0 Å². The molecule has 6 heteroatoms. The molecular weight excluding hydrogens is 367 g/mol. The van der Waals surface area contributed by atoms with Gasteiger partial charge in [0.15, 0.2) is 0 Å². The van der Waals surface area contributed by atoms with E-state index in [0.717, 1.165) is 27.7 Å². The second-order valence-corrected chi connectivity index (χ2v) is 5.90. The van der Waals surface area contributed by atoms with E-state index in [0.29, 0.717) is 6.54 Å². The van der Waals surface area contributed by atoms with Gasteiger partial charge in [-0.3, -0.25) is 0 Å². The van der Waals surface area contributed by atoms with Crippen molar-refractivity contribution in [1.82, 2.24) is 0 Å². The zero-order valence-electron chi connectivity index (χ0n) is 11.1. The smallest absolute Gasteiger partial charge is 0.380 e. The largest absolute Gasteiger partial charge is 0.416 e. The number of rotatable bonds is 3. The van der Waals surface area contributed by atoms with Crippen molar-refractivity contribution in [2.75, 3.05) is 5.32 Å². The molecule has 0 atom stereocenters. The molecule has 0 saturated heterocycles. The van der Waals surface area contributed by atoms with Crippen LogP contribution in [0.3, 0.4) is 0 Å². The molecule has 0 heterocycles. The van der Waals surface area contributed by atoms with Crippen LogP contribution < -0.4 is 5.32 Å². The summed E-state index contributed by atoms with van der Waals surface area (Å²) in [6.07, 6.45) is -4.38. The average molecular weight is 379 g/mol. The lowest BCUT2D eigenvalue weighted by molar-refractivity contribution is -0.137. The van der Waals surface area contributed by atoms with E-state index in [9.17, 15) is 13.2 Å². The van der Waals surface area contributed by atoms with Gasteiger partial charge in [-0.05, 0) is 42.3 Å². The zero-order chi connectivity index (χ0) is 15.6. The van der Waals surface area contributed by atoms with Crippen molar-refractivity contribution in [3.63, 3.8) is 0 Å². The summed E-state index contributed by atoms with van der Waals surface area (Å²) in [5, 5.41) is 3.20. The fourth-order valence-electron chi connectivity index (χ4n) is 1.82. The number of benzene rings is 2. The number of aryl methyl sites for hydroxylation is 1. The first-order valence-electron chi connectivity index (χ1n) is 6.13. The normalized spacial score (nSPS) is 11.5. The van der Waals surface area contributed by atoms with Crippen LogP contribution in [0, 0.1) is 6.92 Å². The van der Waals surface area contributed by atoms with Crippen LogP contribution in [0.5, 0.6) is 0 Å². The first-order valence-corrected chi connectivity index (χ1v) is 7.30. The maximum atomic E-state index is 12.7. The minimum absolute atomic E-state index is 0.256. The highest BCUT2D eigenvalue weighted by Crippen LogP contribution is 2.34. The molecule has 0 unspecified atom stereocenters. The van der Waals surface area contributed by atoms with Crippen molar-refractivity contribution < 1.29 is 13.2 Å². The summed E-state index contributed by atoms with van der Waals surface area (Å²) in [6.45, 7) is 2.34. The lowest BCUT2D eigenvalue weighted by atomic mass is 10.1. The van der Waals surface area contributed by atoms with Crippen LogP contribution in [-0.4, -0.2) is 0 Å². The van der Waals surface area contributed by atoms with Crippen molar-refractivity contribution in [2.24, 2.45) is 0 Å². The Bertz CT molecular complexity index is 656. The molecule has 0 spiro atoms. The summed E-state index contributed by atoms with van der Waals surface area (Å²) in [7, 11) is 0. The van der Waals surface area contributed by atoms with Gasteiger partial charge in [0.1, 0.15) is 0 Å². The summed E-state index contributed by atoms with van der Waals surface area (Å²) in [6, 6.07) is 9.03. The van der Waals surface area contributed by atoms with Gasteiger partial charge < -0.3 is 5.32 Å². The third-order valence-electron chi connectivity index (χ3n) is 2.97. The molecule has 0 fully saturated rings. The minimum Gasteiger partial charge on any atom is -0.380 e. The van der Waals surface area contributed by atoms with E-state index >= 15 is 0 Å². The quantitative estimate of drug-likeness (QED) is 0.686. The molecule has 1 nitrogen and oxygen atoms in total. The van der Waals surface area contributed by atoms with Crippen LogP contribution in [0.4, 0.5) is 18.9 Å². The molecule has 0 aliphatic carbocycles. The Morgan fingerprint density at radius 1 is 1.14 bits per heavy atom. The van der Waals surface area contributed by atoms with Gasteiger partial charge in [-0.15, -0.1) is 0 Å². The standard InChI is InChI=1S/C15H12BrClF3N/c1-9-2-3-10(12(16)6-9)8-21-14-7-11(15(18,19)20)4-5-13(14)17/h2-7,21H,8H2,1H3. The van der Waals surface area contributed by atoms with Gasteiger partial charge in [0.25, 0.3) is 0 Å². The highest BCUT2D eigenvalue weighted by Gasteiger charge is 2.30. The van der Waals surface area contributed by atoms with E-state index < -0.39 is 11.7 Å². The molecule has 2 aromatic rings. The number of hydrogen-bond donors (Lipinski definition) is 1. The molecule has 21 heavy (non-hydrogen) atoms. The van der Waals surface area contributed by atoms with Crippen LogP contribution in [0.15, 0.2) is 40.9 Å². The minimum atomic E-state index is -4.38. The summed E-state index contributed by atoms with van der Waals surface area (Å²) in [4.78, 5) is 0. The summed E-state index contributed by atoms with van der Waals surface area (Å²) in [5.41, 5.74) is 1.58. The molecule has 2 aromatic carbocycles. The Labute approximate surface area is 134 Å². The zero-order valence-corrected chi connectivity index (χ0v) is 13.4. The Hall–Kier alpha value is -1.20. The molecule has 0 saturated carbocycles. The maximum absolute atomic E-state index is 12.7. The number of nitrogens with one attached hydrogen (secondary N) is 1. The van der Waals surface area contributed by atoms with Gasteiger partial charge in [0.05, 0.1) is 16.3 Å². The molecule has 0 amide bonds. The fraction of sp³-hybridized carbons (Fsp3) is 0.200. The number of alkyl halides is 3. The van der Waals surface area contributed by atoms with E-state index in [-0.39, 0.29) is 10.7 Å². The molecule has 1 N–H and O–H groups in total. The lowest BCUT2D eigenvalue weighted by Crippen LogP contribution is -2.07. The Morgan fingerprint density at radius 3 is 2.48 bits per heavy atom. The van der Waals surface area contributed by atoms with E-state index in [1.54, 1.807) is 0 Å². The molecule has 0 aromatic heterocycles. The predicted octanol–water partition coefficient (Wildman–Crippen LogP) is 6.04. The van der Waals surface area contributed by atoms with Gasteiger partial charge in [0.2, 0.25) is 0 Å². The molecule has 112 valence electrons. The Kier molecular flexibility index (Phi) is 4.84. The average Bonchev–Trinajstić information content (AvgIpc) is 2.38. The van der Waals surface area contributed by atoms with Crippen molar-refractivity contribution in [2.45, 2.75) is 19.6 Å². The Balaban J connectivity index is 2.19. The molecular formula is C15H12BrClF3N. The van der Waals surface area contributed by atoms with Crippen molar-refractivity contribution in [1.29, 1.82) is 0 Å². The van der Waals surface area contributed by atoms with Crippen molar-refractivity contribution in [3.05, 3.63) is 62.6 Å². The molecule has 0 aliphatic heterocycles. The molecule has 2 rings (SSSR count). The summed E-state index contributed by atoms with van der Waals surface area (Å²) < 4.78 is 39.0. The van der Waals surface area contributed by atoms with Gasteiger partial charge in [-0.25, -0.2) is 0 Å². The fourth-order valence-corrected chi connectivity index (χ4v) is 2.64. The summed E-state index contributed by atoms with van der Waals surface area (Å²) >= 11 is 9.37.